The zero-order chi connectivity index (χ0) is 12.6. The van der Waals surface area contributed by atoms with Crippen LogP contribution in [0, 0.1) is 0 Å². The molecule has 2 heterocycles. The van der Waals surface area contributed by atoms with Crippen molar-refractivity contribution in [3.05, 3.63) is 34.4 Å². The van der Waals surface area contributed by atoms with Gasteiger partial charge >= 0.3 is 6.18 Å². The second kappa shape index (κ2) is 3.72. The van der Waals surface area contributed by atoms with Gasteiger partial charge in [0.05, 0.1) is 13.3 Å². The van der Waals surface area contributed by atoms with Crippen LogP contribution in [0.2, 0.25) is 0 Å². The maximum atomic E-state index is 12.4. The summed E-state index contributed by atoms with van der Waals surface area (Å²) in [6, 6.07) is 1.59. The summed E-state index contributed by atoms with van der Waals surface area (Å²) in [6.45, 7) is 0. The van der Waals surface area contributed by atoms with Crippen LogP contribution >= 0.6 is 0 Å². The van der Waals surface area contributed by atoms with Crippen LogP contribution < -0.4 is 10.3 Å². The van der Waals surface area contributed by atoms with E-state index < -0.39 is 17.4 Å². The van der Waals surface area contributed by atoms with Gasteiger partial charge in [0.25, 0.3) is 5.56 Å². The van der Waals surface area contributed by atoms with E-state index in [1.165, 1.54) is 19.4 Å². The average molecular weight is 245 g/mol. The number of alkyl halides is 3. The highest BCUT2D eigenvalue weighted by Crippen LogP contribution is 2.26. The largest absolute Gasteiger partial charge is 0.495 e. The fourth-order valence-electron chi connectivity index (χ4n) is 1.24. The van der Waals surface area contributed by atoms with Crippen molar-refractivity contribution in [3.8, 4) is 5.75 Å². The first-order chi connectivity index (χ1) is 7.91. The Labute approximate surface area is 92.5 Å². The lowest BCUT2D eigenvalue weighted by molar-refractivity contribution is -0.141. The van der Waals surface area contributed by atoms with E-state index in [1.54, 1.807) is 0 Å². The standard InChI is InChI=1S/C9H6F3N3O2/c1-17-5-2-7-14-6(9(10,11)12)3-8(16)15(7)13-4-5/h2-4H,1H3. The molecule has 90 valence electrons. The molecule has 0 N–H and O–H groups in total. The van der Waals surface area contributed by atoms with Crippen LogP contribution in [0.1, 0.15) is 5.69 Å². The number of hydrogen-bond acceptors (Lipinski definition) is 4. The Kier molecular flexibility index (Phi) is 2.49. The van der Waals surface area contributed by atoms with Crippen molar-refractivity contribution in [2.75, 3.05) is 7.11 Å². The van der Waals surface area contributed by atoms with Crippen molar-refractivity contribution < 1.29 is 17.9 Å². The molecular formula is C9H6F3N3O2. The van der Waals surface area contributed by atoms with Crippen LogP contribution in [0.4, 0.5) is 13.2 Å². The first kappa shape index (κ1) is 11.4. The van der Waals surface area contributed by atoms with Crippen molar-refractivity contribution in [2.24, 2.45) is 0 Å². The Morgan fingerprint density at radius 3 is 2.65 bits per heavy atom. The van der Waals surface area contributed by atoms with E-state index in [-0.39, 0.29) is 11.4 Å². The van der Waals surface area contributed by atoms with E-state index >= 15 is 0 Å². The number of rotatable bonds is 1. The molecule has 0 aliphatic heterocycles. The molecule has 0 amide bonds. The lowest BCUT2D eigenvalue weighted by Crippen LogP contribution is -2.21. The number of hydrogen-bond donors (Lipinski definition) is 0. The monoisotopic (exact) mass is 245 g/mol. The molecular weight excluding hydrogens is 239 g/mol. The topological polar surface area (TPSA) is 56.5 Å². The molecule has 5 nitrogen and oxygen atoms in total. The molecule has 2 aromatic rings. The molecule has 0 atom stereocenters. The number of halogens is 3. The predicted octanol–water partition coefficient (Wildman–Crippen LogP) is 1.12. The molecule has 0 fully saturated rings. The van der Waals surface area contributed by atoms with E-state index in [0.29, 0.717) is 6.07 Å². The molecule has 0 aromatic carbocycles. The Bertz CT molecular complexity index is 621. The summed E-state index contributed by atoms with van der Waals surface area (Å²) in [4.78, 5) is 14.7. The van der Waals surface area contributed by atoms with Gasteiger partial charge in [-0.2, -0.15) is 22.8 Å². The van der Waals surface area contributed by atoms with Crippen molar-refractivity contribution in [3.63, 3.8) is 0 Å². The Morgan fingerprint density at radius 1 is 1.35 bits per heavy atom. The summed E-state index contributed by atoms with van der Waals surface area (Å²) < 4.78 is 42.8. The smallest absolute Gasteiger partial charge is 0.433 e. The van der Waals surface area contributed by atoms with Gasteiger partial charge in [-0.1, -0.05) is 0 Å². The van der Waals surface area contributed by atoms with E-state index in [9.17, 15) is 18.0 Å². The van der Waals surface area contributed by atoms with Crippen molar-refractivity contribution in [1.29, 1.82) is 0 Å². The molecule has 8 heteroatoms. The van der Waals surface area contributed by atoms with Gasteiger partial charge in [0.15, 0.2) is 11.3 Å². The van der Waals surface area contributed by atoms with Crippen LogP contribution in [-0.4, -0.2) is 21.7 Å². The molecule has 0 bridgehead atoms. The second-order valence-corrected chi connectivity index (χ2v) is 3.14. The van der Waals surface area contributed by atoms with Gasteiger partial charge in [-0.25, -0.2) is 4.98 Å². The van der Waals surface area contributed by atoms with Gasteiger partial charge in [-0.3, -0.25) is 4.79 Å². The lowest BCUT2D eigenvalue weighted by atomic mass is 10.4. The number of nitrogens with zero attached hydrogens (tertiary/aromatic N) is 3. The van der Waals surface area contributed by atoms with Crippen LogP contribution in [0.15, 0.2) is 23.1 Å². The minimum Gasteiger partial charge on any atom is -0.495 e. The SMILES string of the molecule is COc1cnn2c(=O)cc(C(F)(F)F)nc2c1. The van der Waals surface area contributed by atoms with Gasteiger partial charge in [0.2, 0.25) is 0 Å². The summed E-state index contributed by atoms with van der Waals surface area (Å²) >= 11 is 0. The maximum absolute atomic E-state index is 12.4. The number of ether oxygens (including phenoxy) is 1. The molecule has 2 aromatic heterocycles. The predicted molar refractivity (Wildman–Crippen MR) is 50.8 cm³/mol. The fourth-order valence-corrected chi connectivity index (χ4v) is 1.24. The van der Waals surface area contributed by atoms with E-state index in [1.807, 2.05) is 0 Å². The Morgan fingerprint density at radius 2 is 2.06 bits per heavy atom. The molecule has 0 radical (unpaired) electrons. The Balaban J connectivity index is 2.75. The van der Waals surface area contributed by atoms with Crippen molar-refractivity contribution in [2.45, 2.75) is 6.18 Å². The second-order valence-electron chi connectivity index (χ2n) is 3.14. The highest BCUT2D eigenvalue weighted by molar-refractivity contribution is 5.42. The number of aromatic nitrogens is 3. The van der Waals surface area contributed by atoms with Gasteiger partial charge in [-0.05, 0) is 0 Å². The lowest BCUT2D eigenvalue weighted by Gasteiger charge is -2.07. The summed E-state index contributed by atoms with van der Waals surface area (Å²) in [7, 11) is 1.33. The third-order valence-electron chi connectivity index (χ3n) is 2.02. The quantitative estimate of drug-likeness (QED) is 0.755. The fraction of sp³-hybridized carbons (Fsp3) is 0.222. The molecule has 0 aliphatic carbocycles. The number of fused-ring (bicyclic) bond motifs is 1. The molecule has 2 rings (SSSR count). The highest BCUT2D eigenvalue weighted by atomic mass is 19.4. The molecule has 17 heavy (non-hydrogen) atoms. The molecule has 0 saturated heterocycles. The van der Waals surface area contributed by atoms with Crippen molar-refractivity contribution in [1.82, 2.24) is 14.6 Å². The minimum absolute atomic E-state index is 0.218. The van der Waals surface area contributed by atoms with Gasteiger partial charge in [-0.15, -0.1) is 0 Å². The van der Waals surface area contributed by atoms with Crippen LogP contribution in [0.5, 0.6) is 5.75 Å². The zero-order valence-electron chi connectivity index (χ0n) is 8.52. The van der Waals surface area contributed by atoms with Crippen molar-refractivity contribution >= 4 is 5.65 Å². The van der Waals surface area contributed by atoms with Gasteiger partial charge < -0.3 is 4.74 Å². The van der Waals surface area contributed by atoms with Gasteiger partial charge in [0.1, 0.15) is 5.75 Å². The average Bonchev–Trinajstić information content (AvgIpc) is 2.27. The maximum Gasteiger partial charge on any atom is 0.433 e. The summed E-state index contributed by atoms with van der Waals surface area (Å²) in [5.41, 5.74) is -2.37. The Hall–Kier alpha value is -2.12. The first-order valence-electron chi connectivity index (χ1n) is 4.43. The van der Waals surface area contributed by atoms with Crippen LogP contribution in [0.25, 0.3) is 5.65 Å². The summed E-state index contributed by atoms with van der Waals surface area (Å²) in [5, 5.41) is 3.62. The molecule has 0 saturated carbocycles. The third-order valence-corrected chi connectivity index (χ3v) is 2.02. The zero-order valence-corrected chi connectivity index (χ0v) is 8.52. The van der Waals surface area contributed by atoms with E-state index in [2.05, 4.69) is 10.1 Å². The number of methoxy groups -OCH3 is 1. The normalized spacial score (nSPS) is 11.8. The molecule has 0 unspecified atom stereocenters. The van der Waals surface area contributed by atoms with Crippen LogP contribution in [-0.2, 0) is 6.18 Å². The van der Waals surface area contributed by atoms with Gasteiger partial charge in [0, 0.05) is 12.1 Å². The summed E-state index contributed by atoms with van der Waals surface area (Å²) in [5.74, 6) is 0.219. The third kappa shape index (κ3) is 2.05. The highest BCUT2D eigenvalue weighted by Gasteiger charge is 2.33. The van der Waals surface area contributed by atoms with E-state index in [4.69, 9.17) is 4.74 Å². The molecule has 0 aliphatic rings. The molecule has 0 spiro atoms. The van der Waals surface area contributed by atoms with E-state index in [0.717, 1.165) is 4.52 Å². The first-order valence-corrected chi connectivity index (χ1v) is 4.43. The summed E-state index contributed by atoms with van der Waals surface area (Å²) in [6.07, 6.45) is -3.46. The van der Waals surface area contributed by atoms with Crippen LogP contribution in [0.3, 0.4) is 0 Å². The minimum atomic E-state index is -4.67.